The molecular weight excluding hydrogens is 138 g/mol. The fraction of sp³-hybridized carbons (Fsp3) is 1.00. The fourth-order valence-electron chi connectivity index (χ4n) is 1.69. The van der Waals surface area contributed by atoms with E-state index < -0.39 is 0 Å². The Morgan fingerprint density at radius 1 is 1.00 bits per heavy atom. The maximum absolute atomic E-state index is 2.46. The summed E-state index contributed by atoms with van der Waals surface area (Å²) in [5.41, 5.74) is 0. The minimum Gasteiger partial charge on any atom is -0.280 e. The molecule has 3 heteroatoms. The first-order valence-electron chi connectivity index (χ1n) is 4.32. The maximum atomic E-state index is 2.46. The van der Waals surface area contributed by atoms with Crippen LogP contribution in [0.2, 0.25) is 0 Å². The van der Waals surface area contributed by atoms with Crippen LogP contribution in [0.4, 0.5) is 0 Å². The largest absolute Gasteiger partial charge is 0.280 e. The van der Waals surface area contributed by atoms with E-state index in [1.807, 2.05) is 0 Å². The van der Waals surface area contributed by atoms with Crippen LogP contribution in [0.5, 0.6) is 0 Å². The summed E-state index contributed by atoms with van der Waals surface area (Å²) in [5.74, 6) is 0. The van der Waals surface area contributed by atoms with Crippen molar-refractivity contribution in [2.24, 2.45) is 0 Å². The minimum atomic E-state index is 1.10. The number of hydrogen-bond acceptors (Lipinski definition) is 3. The van der Waals surface area contributed by atoms with E-state index in [0.29, 0.717) is 0 Å². The Morgan fingerprint density at radius 2 is 1.55 bits per heavy atom. The van der Waals surface area contributed by atoms with Gasteiger partial charge in [-0.05, 0) is 20.5 Å². The van der Waals surface area contributed by atoms with E-state index in [-0.39, 0.29) is 0 Å². The van der Waals surface area contributed by atoms with Crippen LogP contribution in [0.15, 0.2) is 0 Å². The van der Waals surface area contributed by atoms with Crippen molar-refractivity contribution in [3.8, 4) is 0 Å². The molecule has 0 amide bonds. The zero-order valence-corrected chi connectivity index (χ0v) is 7.88. The normalized spacial score (nSPS) is 24.3. The van der Waals surface area contributed by atoms with Gasteiger partial charge in [-0.2, -0.15) is 0 Å². The smallest absolute Gasteiger partial charge is 0.0526 e. The Morgan fingerprint density at radius 3 is 2.00 bits per heavy atom. The minimum absolute atomic E-state index is 1.10. The Hall–Kier alpha value is -0.120. The van der Waals surface area contributed by atoms with Gasteiger partial charge < -0.3 is 0 Å². The van der Waals surface area contributed by atoms with Gasteiger partial charge in [0.25, 0.3) is 0 Å². The van der Waals surface area contributed by atoms with E-state index >= 15 is 0 Å². The molecule has 1 fully saturated rings. The lowest BCUT2D eigenvalue weighted by atomic mass is 10.4. The van der Waals surface area contributed by atoms with Gasteiger partial charge >= 0.3 is 0 Å². The predicted octanol–water partition coefficient (Wildman–Crippen LogP) is 0.448. The lowest BCUT2D eigenvalue weighted by molar-refractivity contribution is -0.000938. The second-order valence-electron chi connectivity index (χ2n) is 3.53. The predicted molar refractivity (Wildman–Crippen MR) is 47.1 cm³/mol. The molecule has 0 N–H and O–H groups in total. The summed E-state index contributed by atoms with van der Waals surface area (Å²) >= 11 is 0. The molecule has 0 aromatic heterocycles. The Labute approximate surface area is 69.6 Å². The topological polar surface area (TPSA) is 9.72 Å². The quantitative estimate of drug-likeness (QED) is 0.576. The second-order valence-corrected chi connectivity index (χ2v) is 3.53. The van der Waals surface area contributed by atoms with Crippen LogP contribution in [0, 0.1) is 0 Å². The molecule has 0 atom stereocenters. The van der Waals surface area contributed by atoms with Gasteiger partial charge in [0.1, 0.15) is 0 Å². The lowest BCUT2D eigenvalue weighted by Crippen LogP contribution is -2.51. The van der Waals surface area contributed by atoms with E-state index in [1.165, 1.54) is 13.0 Å². The molecule has 0 bridgehead atoms. The van der Waals surface area contributed by atoms with Crippen molar-refractivity contribution in [1.82, 2.24) is 14.7 Å². The third-order valence-electron chi connectivity index (χ3n) is 1.91. The van der Waals surface area contributed by atoms with Gasteiger partial charge in [-0.3, -0.25) is 14.7 Å². The zero-order chi connectivity index (χ0) is 8.27. The molecule has 1 aliphatic heterocycles. The highest BCUT2D eigenvalue weighted by atomic mass is 15.5. The summed E-state index contributed by atoms with van der Waals surface area (Å²) < 4.78 is 0. The average Bonchev–Trinajstić information content (AvgIpc) is 1.85. The van der Waals surface area contributed by atoms with Crippen LogP contribution in [0.3, 0.4) is 0 Å². The lowest BCUT2D eigenvalue weighted by Gasteiger charge is -2.38. The molecular formula is C8H19N3. The van der Waals surface area contributed by atoms with E-state index in [9.17, 15) is 0 Å². The third kappa shape index (κ3) is 2.77. The van der Waals surface area contributed by atoms with Crippen LogP contribution >= 0.6 is 0 Å². The van der Waals surface area contributed by atoms with E-state index in [1.54, 1.807) is 0 Å². The highest BCUT2D eigenvalue weighted by Gasteiger charge is 2.16. The number of rotatable bonds is 2. The molecule has 66 valence electrons. The molecule has 0 spiro atoms. The van der Waals surface area contributed by atoms with Gasteiger partial charge in [-0.15, -0.1) is 0 Å². The van der Waals surface area contributed by atoms with Crippen LogP contribution in [-0.2, 0) is 0 Å². The van der Waals surface area contributed by atoms with Crippen LogP contribution in [-0.4, -0.2) is 55.3 Å². The van der Waals surface area contributed by atoms with E-state index in [2.05, 4.69) is 35.7 Å². The van der Waals surface area contributed by atoms with Gasteiger partial charge in [0.05, 0.1) is 20.0 Å². The highest BCUT2D eigenvalue weighted by Crippen LogP contribution is 2.02. The van der Waals surface area contributed by atoms with Gasteiger partial charge in [-0.25, -0.2) is 0 Å². The van der Waals surface area contributed by atoms with Crippen LogP contribution < -0.4 is 0 Å². The molecule has 0 saturated carbocycles. The first-order valence-corrected chi connectivity index (χ1v) is 4.32. The zero-order valence-electron chi connectivity index (χ0n) is 7.88. The van der Waals surface area contributed by atoms with Crippen molar-refractivity contribution >= 4 is 0 Å². The van der Waals surface area contributed by atoms with Gasteiger partial charge in [-0.1, -0.05) is 6.92 Å². The van der Waals surface area contributed by atoms with Gasteiger partial charge in [0.2, 0.25) is 0 Å². The fourth-order valence-corrected chi connectivity index (χ4v) is 1.69. The molecule has 0 aromatic rings. The molecule has 0 unspecified atom stereocenters. The molecule has 11 heavy (non-hydrogen) atoms. The summed E-state index contributed by atoms with van der Waals surface area (Å²) in [7, 11) is 4.33. The van der Waals surface area contributed by atoms with Crippen molar-refractivity contribution in [1.29, 1.82) is 0 Å². The number of hydrogen-bond donors (Lipinski definition) is 0. The molecule has 1 saturated heterocycles. The van der Waals surface area contributed by atoms with Crippen LogP contribution in [0.25, 0.3) is 0 Å². The van der Waals surface area contributed by atoms with Crippen molar-refractivity contribution in [3.05, 3.63) is 0 Å². The standard InChI is InChI=1S/C8H19N3/c1-4-5-11-7-9(2)6-10(3)8-11/h4-8H2,1-3H3. The first-order chi connectivity index (χ1) is 5.22. The third-order valence-corrected chi connectivity index (χ3v) is 1.91. The Balaban J connectivity index is 2.30. The summed E-state index contributed by atoms with van der Waals surface area (Å²) in [6.45, 7) is 6.79. The van der Waals surface area contributed by atoms with Gasteiger partial charge in [0.15, 0.2) is 0 Å². The molecule has 1 rings (SSSR count). The van der Waals surface area contributed by atoms with Crippen molar-refractivity contribution in [2.75, 3.05) is 40.6 Å². The molecule has 3 nitrogen and oxygen atoms in total. The summed E-state index contributed by atoms with van der Waals surface area (Å²) in [5, 5.41) is 0. The number of nitrogens with zero attached hydrogens (tertiary/aromatic N) is 3. The van der Waals surface area contributed by atoms with E-state index in [4.69, 9.17) is 0 Å². The average molecular weight is 157 g/mol. The van der Waals surface area contributed by atoms with Gasteiger partial charge in [0, 0.05) is 6.54 Å². The Bertz CT molecular complexity index is 106. The van der Waals surface area contributed by atoms with E-state index in [0.717, 1.165) is 20.0 Å². The monoisotopic (exact) mass is 157 g/mol. The molecule has 1 aliphatic rings. The molecule has 0 radical (unpaired) electrons. The molecule has 0 aliphatic carbocycles. The maximum Gasteiger partial charge on any atom is 0.0526 e. The first kappa shape index (κ1) is 8.97. The molecule has 1 heterocycles. The molecule has 0 aromatic carbocycles. The van der Waals surface area contributed by atoms with Crippen molar-refractivity contribution in [2.45, 2.75) is 13.3 Å². The highest BCUT2D eigenvalue weighted by molar-refractivity contribution is 4.62. The Kier molecular flexibility index (Phi) is 3.30. The van der Waals surface area contributed by atoms with Crippen LogP contribution in [0.1, 0.15) is 13.3 Å². The summed E-state index contributed by atoms with van der Waals surface area (Å²) in [6.07, 6.45) is 1.25. The summed E-state index contributed by atoms with van der Waals surface area (Å²) in [4.78, 5) is 7.13. The SMILES string of the molecule is CCCN1CN(C)CN(C)C1. The second kappa shape index (κ2) is 4.04. The van der Waals surface area contributed by atoms with Crippen molar-refractivity contribution in [3.63, 3.8) is 0 Å². The summed E-state index contributed by atoms with van der Waals surface area (Å²) in [6, 6.07) is 0. The van der Waals surface area contributed by atoms with Crippen molar-refractivity contribution < 1.29 is 0 Å².